The number of carbonyl (C=O) groups excluding carboxylic acids is 1. The fourth-order valence-electron chi connectivity index (χ4n) is 3.42. The lowest BCUT2D eigenvalue weighted by molar-refractivity contribution is 0.0468. The van der Waals surface area contributed by atoms with Crippen LogP contribution in [0.1, 0.15) is 40.3 Å². The third kappa shape index (κ3) is 5.95. The van der Waals surface area contributed by atoms with Gasteiger partial charge >= 0.3 is 5.97 Å². The van der Waals surface area contributed by atoms with Gasteiger partial charge in [-0.05, 0) is 55.3 Å². The first kappa shape index (κ1) is 23.3. The minimum atomic E-state index is -3.63. The Labute approximate surface area is 195 Å². The number of piperidine rings is 1. The zero-order valence-corrected chi connectivity index (χ0v) is 19.4. The summed E-state index contributed by atoms with van der Waals surface area (Å²) in [4.78, 5) is 17.0. The molecule has 1 fully saturated rings. The maximum Gasteiger partial charge on any atom is 0.338 e. The number of thiazole rings is 1. The number of esters is 1. The quantitative estimate of drug-likeness (QED) is 0.435. The lowest BCUT2D eigenvalue weighted by Crippen LogP contribution is -2.35. The van der Waals surface area contributed by atoms with Crippen LogP contribution in [-0.4, -0.2) is 36.8 Å². The van der Waals surface area contributed by atoms with Gasteiger partial charge in [0.25, 0.3) is 0 Å². The van der Waals surface area contributed by atoms with E-state index in [1.54, 1.807) is 11.4 Å². The fraction of sp³-hybridized carbons (Fsp3) is 0.304. The Morgan fingerprint density at radius 1 is 1.06 bits per heavy atom. The monoisotopic (exact) mass is 490 g/mol. The second kappa shape index (κ2) is 10.4. The molecule has 1 saturated heterocycles. The predicted molar refractivity (Wildman–Crippen MR) is 121 cm³/mol. The van der Waals surface area contributed by atoms with Gasteiger partial charge < -0.3 is 9.47 Å². The summed E-state index contributed by atoms with van der Waals surface area (Å²) in [6.45, 7) is 1.15. The van der Waals surface area contributed by atoms with Gasteiger partial charge in [-0.1, -0.05) is 12.5 Å². The smallest absolute Gasteiger partial charge is 0.338 e. The van der Waals surface area contributed by atoms with Gasteiger partial charge in [0, 0.05) is 18.5 Å². The molecule has 0 N–H and O–H groups in total. The first-order chi connectivity index (χ1) is 15.9. The Morgan fingerprint density at radius 2 is 1.82 bits per heavy atom. The molecule has 0 unspecified atom stereocenters. The summed E-state index contributed by atoms with van der Waals surface area (Å²) in [5.74, 6) is -0.433. The first-order valence-electron chi connectivity index (χ1n) is 10.5. The molecular formula is C23H23FN2O5S2. The van der Waals surface area contributed by atoms with Crippen molar-refractivity contribution in [2.45, 2.75) is 37.4 Å². The zero-order valence-electron chi connectivity index (χ0n) is 17.8. The van der Waals surface area contributed by atoms with Crippen molar-refractivity contribution < 1.29 is 27.1 Å². The highest BCUT2D eigenvalue weighted by atomic mass is 32.2. The molecule has 2 heterocycles. The summed E-state index contributed by atoms with van der Waals surface area (Å²) in [5.41, 5.74) is 0.728. The third-order valence-electron chi connectivity index (χ3n) is 5.15. The molecule has 0 radical (unpaired) electrons. The van der Waals surface area contributed by atoms with E-state index in [-0.39, 0.29) is 29.5 Å². The van der Waals surface area contributed by atoms with E-state index in [2.05, 4.69) is 4.98 Å². The van der Waals surface area contributed by atoms with Gasteiger partial charge in [0.05, 0.1) is 16.2 Å². The molecule has 7 nitrogen and oxygen atoms in total. The molecular weight excluding hydrogens is 467 g/mol. The molecule has 0 amide bonds. The van der Waals surface area contributed by atoms with E-state index in [9.17, 15) is 17.6 Å². The van der Waals surface area contributed by atoms with Crippen molar-refractivity contribution in [2.75, 3.05) is 13.1 Å². The van der Waals surface area contributed by atoms with Crippen molar-refractivity contribution in [3.63, 3.8) is 0 Å². The average molecular weight is 491 g/mol. The van der Waals surface area contributed by atoms with Crippen molar-refractivity contribution in [1.82, 2.24) is 9.29 Å². The first-order valence-corrected chi connectivity index (χ1v) is 12.8. The number of carbonyl (C=O) groups is 1. The number of aromatic nitrogens is 1. The molecule has 174 valence electrons. The number of rotatable bonds is 8. The van der Waals surface area contributed by atoms with E-state index in [1.807, 2.05) is 0 Å². The molecule has 1 aromatic heterocycles. The standard InChI is InChI=1S/C23H23FN2O5S2/c24-18-7-9-20(10-8-18)30-15-22-25-19(16-32-22)14-31-23(27)17-5-4-6-21(13-17)33(28,29)26-11-2-1-3-12-26/h4-10,13,16H,1-3,11-12,14-15H2. The molecule has 4 rings (SSSR count). The van der Waals surface area contributed by atoms with Crippen LogP contribution in [0.4, 0.5) is 4.39 Å². The number of hydrogen-bond acceptors (Lipinski definition) is 7. The minimum absolute atomic E-state index is 0.0466. The number of sulfonamides is 1. The van der Waals surface area contributed by atoms with Gasteiger partial charge in [-0.25, -0.2) is 22.6 Å². The van der Waals surface area contributed by atoms with E-state index in [0.29, 0.717) is 29.5 Å². The largest absolute Gasteiger partial charge is 0.486 e. The van der Waals surface area contributed by atoms with Crippen LogP contribution in [0.25, 0.3) is 0 Å². The van der Waals surface area contributed by atoms with Crippen molar-refractivity contribution >= 4 is 27.3 Å². The van der Waals surface area contributed by atoms with Crippen molar-refractivity contribution in [1.29, 1.82) is 0 Å². The fourth-order valence-corrected chi connectivity index (χ4v) is 5.67. The van der Waals surface area contributed by atoms with Gasteiger partial charge in [-0.2, -0.15) is 4.31 Å². The van der Waals surface area contributed by atoms with Crippen LogP contribution in [-0.2, 0) is 28.0 Å². The van der Waals surface area contributed by atoms with E-state index < -0.39 is 16.0 Å². The van der Waals surface area contributed by atoms with Gasteiger partial charge in [0.15, 0.2) is 0 Å². The second-order valence-electron chi connectivity index (χ2n) is 7.54. The van der Waals surface area contributed by atoms with Gasteiger partial charge in [-0.3, -0.25) is 0 Å². The molecule has 1 aliphatic rings. The predicted octanol–water partition coefficient (Wildman–Crippen LogP) is 4.39. The Bertz CT molecular complexity index is 1210. The highest BCUT2D eigenvalue weighted by Crippen LogP contribution is 2.22. The summed E-state index contributed by atoms with van der Waals surface area (Å²) in [5, 5.41) is 2.44. The highest BCUT2D eigenvalue weighted by molar-refractivity contribution is 7.89. The van der Waals surface area contributed by atoms with E-state index in [0.717, 1.165) is 19.3 Å². The lowest BCUT2D eigenvalue weighted by atomic mass is 10.2. The number of halogens is 1. The van der Waals surface area contributed by atoms with Crippen LogP contribution < -0.4 is 4.74 Å². The van der Waals surface area contributed by atoms with Crippen LogP contribution in [0.2, 0.25) is 0 Å². The minimum Gasteiger partial charge on any atom is -0.486 e. The molecule has 0 bridgehead atoms. The Hall–Kier alpha value is -2.82. The summed E-state index contributed by atoms with van der Waals surface area (Å²) < 4.78 is 51.0. The maximum atomic E-state index is 13.0. The molecule has 2 aromatic carbocycles. The normalized spacial score (nSPS) is 14.7. The summed E-state index contributed by atoms with van der Waals surface area (Å²) in [7, 11) is -3.63. The van der Waals surface area contributed by atoms with Crippen LogP contribution in [0.15, 0.2) is 58.8 Å². The van der Waals surface area contributed by atoms with E-state index in [1.165, 1.54) is 58.1 Å². The van der Waals surface area contributed by atoms with Crippen molar-refractivity contribution in [2.24, 2.45) is 0 Å². The number of ether oxygens (including phenoxy) is 2. The Morgan fingerprint density at radius 3 is 2.58 bits per heavy atom. The molecule has 0 atom stereocenters. The van der Waals surface area contributed by atoms with Gasteiger partial charge in [-0.15, -0.1) is 11.3 Å². The van der Waals surface area contributed by atoms with Gasteiger partial charge in [0.1, 0.15) is 29.8 Å². The van der Waals surface area contributed by atoms with Crippen LogP contribution >= 0.6 is 11.3 Å². The topological polar surface area (TPSA) is 85.8 Å². The number of nitrogens with zero attached hydrogens (tertiary/aromatic N) is 2. The van der Waals surface area contributed by atoms with E-state index in [4.69, 9.17) is 9.47 Å². The lowest BCUT2D eigenvalue weighted by Gasteiger charge is -2.25. The van der Waals surface area contributed by atoms with E-state index >= 15 is 0 Å². The molecule has 0 saturated carbocycles. The molecule has 10 heteroatoms. The van der Waals surface area contributed by atoms with Crippen molar-refractivity contribution in [3.8, 4) is 5.75 Å². The molecule has 0 aliphatic carbocycles. The van der Waals surface area contributed by atoms with Crippen LogP contribution in [0, 0.1) is 5.82 Å². The summed E-state index contributed by atoms with van der Waals surface area (Å²) in [6.07, 6.45) is 2.70. The van der Waals surface area contributed by atoms with Crippen LogP contribution in [0.5, 0.6) is 5.75 Å². The second-order valence-corrected chi connectivity index (χ2v) is 10.4. The number of hydrogen-bond donors (Lipinski definition) is 0. The summed E-state index contributed by atoms with van der Waals surface area (Å²) in [6, 6.07) is 11.6. The Balaban J connectivity index is 1.33. The van der Waals surface area contributed by atoms with Crippen molar-refractivity contribution in [3.05, 3.63) is 76.0 Å². The highest BCUT2D eigenvalue weighted by Gasteiger charge is 2.26. The zero-order chi connectivity index (χ0) is 23.3. The number of benzene rings is 2. The average Bonchev–Trinajstić information content (AvgIpc) is 3.30. The SMILES string of the molecule is O=C(OCc1csc(COc2ccc(F)cc2)n1)c1cccc(S(=O)(=O)N2CCCCC2)c1. The molecule has 1 aliphatic heterocycles. The molecule has 33 heavy (non-hydrogen) atoms. The van der Waals surface area contributed by atoms with Crippen LogP contribution in [0.3, 0.4) is 0 Å². The Kier molecular flexibility index (Phi) is 7.36. The molecule has 3 aromatic rings. The molecule has 0 spiro atoms. The van der Waals surface area contributed by atoms with Gasteiger partial charge in [0.2, 0.25) is 10.0 Å². The third-order valence-corrected chi connectivity index (χ3v) is 7.91. The maximum absolute atomic E-state index is 13.0. The summed E-state index contributed by atoms with van der Waals surface area (Å²) >= 11 is 1.35.